The van der Waals surface area contributed by atoms with Crippen LogP contribution in [0.15, 0.2) is 18.2 Å². The van der Waals surface area contributed by atoms with Crippen LogP contribution in [0.25, 0.3) is 0 Å². The van der Waals surface area contributed by atoms with Crippen molar-refractivity contribution in [1.29, 1.82) is 0 Å². The molecule has 0 radical (unpaired) electrons. The van der Waals surface area contributed by atoms with Crippen molar-refractivity contribution < 1.29 is 13.9 Å². The minimum atomic E-state index is -0.346. The van der Waals surface area contributed by atoms with Crippen LogP contribution < -0.4 is 4.74 Å². The predicted molar refractivity (Wildman–Crippen MR) is 58.7 cm³/mol. The number of amides is 1. The third-order valence-electron chi connectivity index (χ3n) is 1.95. The first-order chi connectivity index (χ1) is 7.04. The van der Waals surface area contributed by atoms with Gasteiger partial charge in [0, 0.05) is 35.1 Å². The molecule has 15 heavy (non-hydrogen) atoms. The third-order valence-corrected chi connectivity index (χ3v) is 2.56. The van der Waals surface area contributed by atoms with E-state index in [0.717, 1.165) is 0 Å². The molecule has 0 atom stereocenters. The molecule has 1 rings (SSSR count). The molecule has 0 aliphatic carbocycles. The van der Waals surface area contributed by atoms with E-state index in [4.69, 9.17) is 4.74 Å². The summed E-state index contributed by atoms with van der Waals surface area (Å²) in [5.74, 6) is 0.221. The fourth-order valence-electron chi connectivity index (χ4n) is 1.19. The van der Waals surface area contributed by atoms with Gasteiger partial charge >= 0.3 is 0 Å². The van der Waals surface area contributed by atoms with Gasteiger partial charge in [-0.15, -0.1) is 0 Å². The number of rotatable bonds is 3. The van der Waals surface area contributed by atoms with Crippen molar-refractivity contribution in [3.8, 4) is 5.75 Å². The second-order valence-electron chi connectivity index (χ2n) is 3.07. The van der Waals surface area contributed by atoms with E-state index in [1.165, 1.54) is 30.2 Å². The summed E-state index contributed by atoms with van der Waals surface area (Å²) in [4.78, 5) is 12.1. The first-order valence-electron chi connectivity index (χ1n) is 4.27. The summed E-state index contributed by atoms with van der Waals surface area (Å²) in [6.45, 7) is 0.297. The van der Waals surface area contributed by atoms with Gasteiger partial charge < -0.3 is 9.64 Å². The Balaban J connectivity index is 2.91. The van der Waals surface area contributed by atoms with E-state index >= 15 is 0 Å². The number of halogens is 2. The highest BCUT2D eigenvalue weighted by Gasteiger charge is 2.10. The Labute approximate surface area is 96.0 Å². The van der Waals surface area contributed by atoms with Crippen molar-refractivity contribution in [2.45, 2.75) is 6.54 Å². The molecule has 82 valence electrons. The van der Waals surface area contributed by atoms with E-state index in [9.17, 15) is 9.18 Å². The first kappa shape index (κ1) is 12.0. The second-order valence-corrected chi connectivity index (χ2v) is 3.74. The number of carbonyl (C=O) groups is 1. The van der Waals surface area contributed by atoms with E-state index in [2.05, 4.69) is 15.9 Å². The van der Waals surface area contributed by atoms with Gasteiger partial charge in [-0.3, -0.25) is 4.79 Å². The Bertz CT molecular complexity index is 370. The van der Waals surface area contributed by atoms with E-state index in [1.54, 1.807) is 7.05 Å². The van der Waals surface area contributed by atoms with Crippen LogP contribution in [-0.4, -0.2) is 23.9 Å². The van der Waals surface area contributed by atoms with Gasteiger partial charge in [-0.05, 0) is 18.2 Å². The highest BCUT2D eigenvalue weighted by Crippen LogP contribution is 2.21. The van der Waals surface area contributed by atoms with Gasteiger partial charge in [-0.1, -0.05) is 0 Å². The van der Waals surface area contributed by atoms with Gasteiger partial charge in [0.05, 0.1) is 7.11 Å². The molecule has 1 aromatic rings. The Kier molecular flexibility index (Phi) is 4.08. The molecule has 0 spiro atoms. The lowest BCUT2D eigenvalue weighted by molar-refractivity contribution is 0.232. The lowest BCUT2D eigenvalue weighted by atomic mass is 10.2. The number of benzene rings is 1. The number of nitrogens with zero attached hydrogens (tertiary/aromatic N) is 1. The fraction of sp³-hybridized carbons (Fsp3) is 0.300. The first-order valence-corrected chi connectivity index (χ1v) is 5.07. The molecule has 0 heterocycles. The van der Waals surface area contributed by atoms with Crippen LogP contribution in [-0.2, 0) is 6.54 Å². The summed E-state index contributed by atoms with van der Waals surface area (Å²) in [5, 5.41) is 0. The zero-order chi connectivity index (χ0) is 11.4. The number of carbonyl (C=O) groups excluding carboxylic acids is 1. The molecule has 0 aromatic heterocycles. The second kappa shape index (κ2) is 5.11. The van der Waals surface area contributed by atoms with E-state index < -0.39 is 0 Å². The van der Waals surface area contributed by atoms with Gasteiger partial charge in [-0.25, -0.2) is 4.39 Å². The number of hydrogen-bond donors (Lipinski definition) is 0. The maximum atomic E-state index is 13.0. The van der Waals surface area contributed by atoms with Crippen LogP contribution >= 0.6 is 15.9 Å². The molecular formula is C10H11BrFNO2. The maximum Gasteiger partial charge on any atom is 0.289 e. The van der Waals surface area contributed by atoms with E-state index in [-0.39, 0.29) is 10.6 Å². The summed E-state index contributed by atoms with van der Waals surface area (Å²) in [5.41, 5.74) is 0.632. The summed E-state index contributed by atoms with van der Waals surface area (Å²) in [6, 6.07) is 4.21. The molecule has 0 unspecified atom stereocenters. The van der Waals surface area contributed by atoms with Crippen LogP contribution in [0.2, 0.25) is 0 Å². The molecule has 0 aliphatic rings. The van der Waals surface area contributed by atoms with Crippen LogP contribution in [0.3, 0.4) is 0 Å². The maximum absolute atomic E-state index is 13.0. The van der Waals surface area contributed by atoms with Gasteiger partial charge in [0.15, 0.2) is 0 Å². The molecule has 5 heteroatoms. The number of methoxy groups -OCH3 is 1. The Hall–Kier alpha value is -1.10. The van der Waals surface area contributed by atoms with Gasteiger partial charge in [-0.2, -0.15) is 0 Å². The van der Waals surface area contributed by atoms with Gasteiger partial charge in [0.25, 0.3) is 4.82 Å². The predicted octanol–water partition coefficient (Wildman–Crippen LogP) is 2.78. The molecular weight excluding hydrogens is 265 g/mol. The topological polar surface area (TPSA) is 29.5 Å². The van der Waals surface area contributed by atoms with Crippen molar-refractivity contribution in [1.82, 2.24) is 4.90 Å². The van der Waals surface area contributed by atoms with E-state index in [1.807, 2.05) is 0 Å². The Morgan fingerprint density at radius 3 is 2.80 bits per heavy atom. The Morgan fingerprint density at radius 2 is 2.27 bits per heavy atom. The SMILES string of the molecule is COc1ccc(F)cc1CN(C)C(=O)Br. The lowest BCUT2D eigenvalue weighted by Crippen LogP contribution is -2.20. The average molecular weight is 276 g/mol. The zero-order valence-electron chi connectivity index (χ0n) is 8.46. The van der Waals surface area contributed by atoms with Gasteiger partial charge in [0.2, 0.25) is 0 Å². The molecule has 0 N–H and O–H groups in total. The smallest absolute Gasteiger partial charge is 0.289 e. The van der Waals surface area contributed by atoms with Crippen molar-refractivity contribution in [3.05, 3.63) is 29.6 Å². The molecule has 3 nitrogen and oxygen atoms in total. The molecule has 1 aromatic carbocycles. The minimum absolute atomic E-state index is 0.256. The standard InChI is InChI=1S/C10H11BrFNO2/c1-13(10(11)14)6-7-5-8(12)3-4-9(7)15-2/h3-5H,6H2,1-2H3. The highest BCUT2D eigenvalue weighted by atomic mass is 79.9. The quantitative estimate of drug-likeness (QED) is 0.627. The van der Waals surface area contributed by atoms with Crippen LogP contribution in [0, 0.1) is 5.82 Å². The normalized spacial score (nSPS) is 9.87. The van der Waals surface area contributed by atoms with Crippen molar-refractivity contribution >= 4 is 20.7 Å². The number of hydrogen-bond acceptors (Lipinski definition) is 2. The van der Waals surface area contributed by atoms with Crippen LogP contribution in [0.1, 0.15) is 5.56 Å². The Morgan fingerprint density at radius 1 is 1.60 bits per heavy atom. The molecule has 0 bridgehead atoms. The molecule has 1 amide bonds. The largest absolute Gasteiger partial charge is 0.496 e. The van der Waals surface area contributed by atoms with Crippen molar-refractivity contribution in [2.75, 3.05) is 14.2 Å². The summed E-state index contributed by atoms with van der Waals surface area (Å²) in [6.07, 6.45) is 0. The van der Waals surface area contributed by atoms with Crippen molar-refractivity contribution in [2.24, 2.45) is 0 Å². The average Bonchev–Trinajstić information content (AvgIpc) is 2.18. The molecule has 0 fully saturated rings. The summed E-state index contributed by atoms with van der Waals surface area (Å²) in [7, 11) is 3.12. The van der Waals surface area contributed by atoms with Gasteiger partial charge in [0.1, 0.15) is 11.6 Å². The lowest BCUT2D eigenvalue weighted by Gasteiger charge is -2.15. The fourth-order valence-corrected chi connectivity index (χ4v) is 1.31. The molecule has 0 saturated carbocycles. The minimum Gasteiger partial charge on any atom is -0.496 e. The molecule has 0 saturated heterocycles. The third kappa shape index (κ3) is 3.20. The van der Waals surface area contributed by atoms with Crippen LogP contribution in [0.5, 0.6) is 5.75 Å². The summed E-state index contributed by atoms with van der Waals surface area (Å²) < 4.78 is 18.0. The number of ether oxygens (including phenoxy) is 1. The zero-order valence-corrected chi connectivity index (χ0v) is 10.0. The van der Waals surface area contributed by atoms with Crippen molar-refractivity contribution in [3.63, 3.8) is 0 Å². The summed E-state index contributed by atoms with van der Waals surface area (Å²) >= 11 is 2.81. The highest BCUT2D eigenvalue weighted by molar-refractivity contribution is 9.18. The van der Waals surface area contributed by atoms with E-state index in [0.29, 0.717) is 17.9 Å². The molecule has 0 aliphatic heterocycles. The van der Waals surface area contributed by atoms with Crippen LogP contribution in [0.4, 0.5) is 9.18 Å². The monoisotopic (exact) mass is 275 g/mol.